The monoisotopic (exact) mass is 476 g/mol. The number of benzene rings is 1. The summed E-state index contributed by atoms with van der Waals surface area (Å²) in [4.78, 5) is 12.7. The fraction of sp³-hybridized carbons (Fsp3) is 0.522. The van der Waals surface area contributed by atoms with Crippen molar-refractivity contribution in [2.75, 3.05) is 19.8 Å². The number of carbonyl (C=O) groups is 1. The lowest BCUT2D eigenvalue weighted by Crippen LogP contribution is -2.43. The predicted octanol–water partition coefficient (Wildman–Crippen LogP) is 3.00. The van der Waals surface area contributed by atoms with Crippen LogP contribution in [0.1, 0.15) is 40.9 Å². The van der Waals surface area contributed by atoms with Crippen molar-refractivity contribution in [3.63, 3.8) is 0 Å². The second-order valence-electron chi connectivity index (χ2n) is 9.03. The Hall–Kier alpha value is -3.26. The van der Waals surface area contributed by atoms with Crippen LogP contribution in [0.2, 0.25) is 0 Å². The summed E-state index contributed by atoms with van der Waals surface area (Å²) >= 11 is 0. The van der Waals surface area contributed by atoms with Crippen LogP contribution in [0.25, 0.3) is 0 Å². The number of halogens is 3. The molecule has 3 heterocycles. The van der Waals surface area contributed by atoms with E-state index in [9.17, 15) is 18.0 Å². The zero-order valence-corrected chi connectivity index (χ0v) is 18.2. The van der Waals surface area contributed by atoms with Crippen molar-refractivity contribution in [3.8, 4) is 17.7 Å². The molecular weight excluding hydrogens is 453 g/mol. The first-order chi connectivity index (χ1) is 16.3. The van der Waals surface area contributed by atoms with Crippen molar-refractivity contribution in [3.05, 3.63) is 41.1 Å². The molecule has 2 aliphatic heterocycles. The zero-order valence-electron chi connectivity index (χ0n) is 18.2. The highest BCUT2D eigenvalue weighted by molar-refractivity contribution is 5.92. The SMILES string of the molecule is N#Cc1ccc2c(c1)C[C@@H](NC(=O)c1cc3n(n1)CC(CCOCC1(C(F)(F)F)CC1)O3)CO2. The van der Waals surface area contributed by atoms with Gasteiger partial charge in [0.2, 0.25) is 5.88 Å². The number of nitrogens with one attached hydrogen (secondary N) is 1. The number of hydrogen-bond acceptors (Lipinski definition) is 6. The summed E-state index contributed by atoms with van der Waals surface area (Å²) in [5.41, 5.74) is -0.0621. The smallest absolute Gasteiger partial charge is 0.396 e. The molecule has 1 fully saturated rings. The highest BCUT2D eigenvalue weighted by atomic mass is 19.4. The van der Waals surface area contributed by atoms with E-state index in [-0.39, 0.29) is 49.8 Å². The highest BCUT2D eigenvalue weighted by Crippen LogP contribution is 2.57. The van der Waals surface area contributed by atoms with Gasteiger partial charge in [-0.15, -0.1) is 0 Å². The fourth-order valence-corrected chi connectivity index (χ4v) is 4.25. The summed E-state index contributed by atoms with van der Waals surface area (Å²) in [5, 5.41) is 16.3. The number of rotatable bonds is 7. The second-order valence-corrected chi connectivity index (χ2v) is 9.03. The molecule has 2 aromatic rings. The molecule has 1 aliphatic carbocycles. The summed E-state index contributed by atoms with van der Waals surface area (Å²) < 4.78 is 57.2. The van der Waals surface area contributed by atoms with Crippen molar-refractivity contribution >= 4 is 5.91 Å². The van der Waals surface area contributed by atoms with E-state index in [0.29, 0.717) is 43.2 Å². The number of aromatic nitrogens is 2. The third-order valence-electron chi connectivity index (χ3n) is 6.49. The molecule has 8 nitrogen and oxygen atoms in total. The maximum atomic E-state index is 12.9. The first-order valence-corrected chi connectivity index (χ1v) is 11.1. The molecule has 1 unspecified atom stereocenters. The maximum Gasteiger partial charge on any atom is 0.396 e. The largest absolute Gasteiger partial charge is 0.491 e. The lowest BCUT2D eigenvalue weighted by atomic mass is 10.0. The van der Waals surface area contributed by atoms with Gasteiger partial charge in [0, 0.05) is 12.5 Å². The minimum Gasteiger partial charge on any atom is -0.491 e. The van der Waals surface area contributed by atoms with E-state index in [0.717, 1.165) is 5.56 Å². The van der Waals surface area contributed by atoms with Crippen LogP contribution >= 0.6 is 0 Å². The molecule has 0 bridgehead atoms. The molecule has 34 heavy (non-hydrogen) atoms. The minimum atomic E-state index is -4.22. The van der Waals surface area contributed by atoms with E-state index < -0.39 is 11.6 Å². The highest BCUT2D eigenvalue weighted by Gasteiger charge is 2.63. The number of alkyl halides is 3. The van der Waals surface area contributed by atoms with Gasteiger partial charge < -0.3 is 19.5 Å². The van der Waals surface area contributed by atoms with E-state index in [4.69, 9.17) is 19.5 Å². The molecule has 2 atom stereocenters. The number of nitrogens with zero attached hydrogens (tertiary/aromatic N) is 3. The molecule has 180 valence electrons. The molecule has 0 spiro atoms. The molecule has 11 heteroatoms. The minimum absolute atomic E-state index is 0.122. The topological polar surface area (TPSA) is 98.4 Å². The van der Waals surface area contributed by atoms with Gasteiger partial charge in [-0.3, -0.25) is 4.79 Å². The second kappa shape index (κ2) is 8.51. The van der Waals surface area contributed by atoms with Crippen LogP contribution in [-0.4, -0.2) is 53.8 Å². The lowest BCUT2D eigenvalue weighted by Gasteiger charge is -2.26. The number of ether oxygens (including phenoxy) is 3. The fourth-order valence-electron chi connectivity index (χ4n) is 4.25. The summed E-state index contributed by atoms with van der Waals surface area (Å²) in [6.07, 6.45) is -3.27. The van der Waals surface area contributed by atoms with Crippen molar-refractivity contribution in [1.29, 1.82) is 5.26 Å². The first kappa shape index (κ1) is 22.5. The van der Waals surface area contributed by atoms with Crippen LogP contribution in [0.4, 0.5) is 13.2 Å². The van der Waals surface area contributed by atoms with Gasteiger partial charge in [0.1, 0.15) is 18.5 Å². The Balaban J connectivity index is 1.09. The van der Waals surface area contributed by atoms with E-state index in [1.165, 1.54) is 0 Å². The molecule has 1 amide bonds. The lowest BCUT2D eigenvalue weighted by molar-refractivity contribution is -0.201. The zero-order chi connectivity index (χ0) is 23.9. The van der Waals surface area contributed by atoms with Gasteiger partial charge >= 0.3 is 6.18 Å². The Bertz CT molecular complexity index is 1110. The third-order valence-corrected chi connectivity index (χ3v) is 6.49. The van der Waals surface area contributed by atoms with Gasteiger partial charge in [-0.05, 0) is 43.0 Å². The average molecular weight is 476 g/mol. The Morgan fingerprint density at radius 2 is 2.18 bits per heavy atom. The van der Waals surface area contributed by atoms with Crippen LogP contribution in [0.3, 0.4) is 0 Å². The Morgan fingerprint density at radius 3 is 2.88 bits per heavy atom. The predicted molar refractivity (Wildman–Crippen MR) is 111 cm³/mol. The molecule has 3 aliphatic rings. The molecule has 0 radical (unpaired) electrons. The summed E-state index contributed by atoms with van der Waals surface area (Å²) in [5.74, 6) is 0.786. The maximum absolute atomic E-state index is 12.9. The summed E-state index contributed by atoms with van der Waals surface area (Å²) in [7, 11) is 0. The van der Waals surface area contributed by atoms with Crippen LogP contribution < -0.4 is 14.8 Å². The Kier molecular flexibility index (Phi) is 5.64. The van der Waals surface area contributed by atoms with Gasteiger partial charge in [0.05, 0.1) is 42.8 Å². The van der Waals surface area contributed by atoms with E-state index in [2.05, 4.69) is 16.5 Å². The number of hydrogen-bond donors (Lipinski definition) is 1. The first-order valence-electron chi connectivity index (χ1n) is 11.1. The molecule has 1 aromatic carbocycles. The van der Waals surface area contributed by atoms with Crippen LogP contribution in [0.15, 0.2) is 24.3 Å². The average Bonchev–Trinajstić information content (AvgIpc) is 3.37. The van der Waals surface area contributed by atoms with Crippen LogP contribution in [0.5, 0.6) is 11.6 Å². The normalized spacial score (nSPS) is 22.1. The van der Waals surface area contributed by atoms with Crippen molar-refractivity contribution in [2.24, 2.45) is 5.41 Å². The van der Waals surface area contributed by atoms with Crippen molar-refractivity contribution in [2.45, 2.75) is 50.6 Å². The standard InChI is InChI=1S/C23H23F3N4O4/c24-23(25,26)22(4-5-22)13-32-6-3-17-11-30-20(34-17)9-18(29-30)21(31)28-16-8-15-7-14(10-27)1-2-19(15)33-12-16/h1-2,7,9,16-17H,3-6,8,11-13H2,(H,28,31)/t16-,17?/m1/s1. The van der Waals surface area contributed by atoms with Gasteiger partial charge in [-0.1, -0.05) is 0 Å². The van der Waals surface area contributed by atoms with Crippen LogP contribution in [0, 0.1) is 16.7 Å². The molecule has 1 N–H and O–H groups in total. The number of carbonyl (C=O) groups excluding carboxylic acids is 1. The van der Waals surface area contributed by atoms with E-state index in [1.807, 2.05) is 0 Å². The Labute approximate surface area is 193 Å². The van der Waals surface area contributed by atoms with Gasteiger partial charge in [0.25, 0.3) is 5.91 Å². The van der Waals surface area contributed by atoms with E-state index in [1.54, 1.807) is 28.9 Å². The third kappa shape index (κ3) is 4.42. The van der Waals surface area contributed by atoms with E-state index >= 15 is 0 Å². The van der Waals surface area contributed by atoms with Gasteiger partial charge in [-0.2, -0.15) is 23.5 Å². The molecule has 5 rings (SSSR count). The summed E-state index contributed by atoms with van der Waals surface area (Å²) in [6.45, 7) is 0.558. The van der Waals surface area contributed by atoms with Gasteiger partial charge in [-0.25, -0.2) is 4.68 Å². The number of amides is 1. The quantitative estimate of drug-likeness (QED) is 0.617. The molecular formula is C23H23F3N4O4. The molecule has 1 saturated carbocycles. The van der Waals surface area contributed by atoms with Crippen molar-refractivity contribution < 1.29 is 32.2 Å². The van der Waals surface area contributed by atoms with Crippen LogP contribution in [-0.2, 0) is 17.7 Å². The Morgan fingerprint density at radius 1 is 1.35 bits per heavy atom. The molecule has 0 saturated heterocycles. The summed E-state index contributed by atoms with van der Waals surface area (Å²) in [6, 6.07) is 8.58. The van der Waals surface area contributed by atoms with Crippen molar-refractivity contribution in [1.82, 2.24) is 15.1 Å². The van der Waals surface area contributed by atoms with Gasteiger partial charge in [0.15, 0.2) is 5.69 Å². The number of fused-ring (bicyclic) bond motifs is 2. The molecule has 1 aromatic heterocycles. The number of nitriles is 1.